The van der Waals surface area contributed by atoms with E-state index in [0.29, 0.717) is 42.7 Å². The van der Waals surface area contributed by atoms with Gasteiger partial charge in [-0.05, 0) is 55.4 Å². The minimum Gasteiger partial charge on any atom is -0.492 e. The summed E-state index contributed by atoms with van der Waals surface area (Å²) in [5, 5.41) is 0. The number of aromatic nitrogens is 1. The van der Waals surface area contributed by atoms with Crippen molar-refractivity contribution in [2.24, 2.45) is 22.7 Å². The quantitative estimate of drug-likeness (QED) is 0.192. The van der Waals surface area contributed by atoms with E-state index in [4.69, 9.17) is 18.9 Å². The van der Waals surface area contributed by atoms with Gasteiger partial charge in [0.25, 0.3) is 0 Å². The summed E-state index contributed by atoms with van der Waals surface area (Å²) < 4.78 is 22.5. The summed E-state index contributed by atoms with van der Waals surface area (Å²) in [6.45, 7) is 19.5. The van der Waals surface area contributed by atoms with Crippen LogP contribution in [0, 0.1) is 22.7 Å². The van der Waals surface area contributed by atoms with Crippen molar-refractivity contribution >= 4 is 5.97 Å². The molecule has 2 aliphatic carbocycles. The summed E-state index contributed by atoms with van der Waals surface area (Å²) in [4.78, 5) is 15.8. The van der Waals surface area contributed by atoms with Crippen LogP contribution in [0.25, 0.3) is 0 Å². The molecule has 1 saturated heterocycles. The third-order valence-electron chi connectivity index (χ3n) is 8.85. The van der Waals surface area contributed by atoms with Crippen molar-refractivity contribution < 1.29 is 23.7 Å². The third kappa shape index (κ3) is 7.59. The Morgan fingerprint density at radius 1 is 1.13 bits per heavy atom. The largest absolute Gasteiger partial charge is 0.492 e. The predicted molar refractivity (Wildman–Crippen MR) is 153 cm³/mol. The van der Waals surface area contributed by atoms with Crippen molar-refractivity contribution in [3.63, 3.8) is 0 Å². The van der Waals surface area contributed by atoms with Crippen LogP contribution >= 0.6 is 0 Å². The molecule has 0 bridgehead atoms. The molecule has 216 valence electrons. The van der Waals surface area contributed by atoms with Gasteiger partial charge >= 0.3 is 5.97 Å². The molecule has 4 unspecified atom stereocenters. The average Bonchev–Trinajstić information content (AvgIpc) is 2.94. The number of carbonyl (C=O) groups is 1. The lowest BCUT2D eigenvalue weighted by atomic mass is 9.46. The lowest BCUT2D eigenvalue weighted by Crippen LogP contribution is -2.60. The molecular formula is C32H53NO5. The van der Waals surface area contributed by atoms with E-state index in [1.807, 2.05) is 13.8 Å². The molecule has 2 heterocycles. The van der Waals surface area contributed by atoms with Gasteiger partial charge < -0.3 is 18.9 Å². The first-order valence-corrected chi connectivity index (χ1v) is 14.8. The van der Waals surface area contributed by atoms with E-state index in [2.05, 4.69) is 39.3 Å². The Kier molecular flexibility index (Phi) is 13.3. The van der Waals surface area contributed by atoms with E-state index in [1.54, 1.807) is 12.3 Å². The molecule has 5 atom stereocenters. The Bertz CT molecular complexity index is 869. The van der Waals surface area contributed by atoms with Crippen LogP contribution in [0.4, 0.5) is 0 Å². The number of allylic oxidation sites excluding steroid dienone is 1. The number of methoxy groups -OCH3 is 1. The number of ether oxygens (including phenoxy) is 4. The van der Waals surface area contributed by atoms with E-state index in [-0.39, 0.29) is 10.8 Å². The van der Waals surface area contributed by atoms with Gasteiger partial charge in [-0.1, -0.05) is 79.4 Å². The van der Waals surface area contributed by atoms with E-state index < -0.39 is 5.97 Å². The molecule has 0 amide bonds. The van der Waals surface area contributed by atoms with Crippen molar-refractivity contribution in [2.45, 2.75) is 105 Å². The van der Waals surface area contributed by atoms with Crippen LogP contribution < -0.4 is 4.74 Å². The number of pyridine rings is 1. The monoisotopic (exact) mass is 531 g/mol. The highest BCUT2D eigenvalue weighted by Gasteiger charge is 2.59. The summed E-state index contributed by atoms with van der Waals surface area (Å²) in [6, 6.07) is 1.68. The van der Waals surface area contributed by atoms with Gasteiger partial charge in [-0.2, -0.15) is 0 Å². The number of hydrogen-bond acceptors (Lipinski definition) is 6. The van der Waals surface area contributed by atoms with Gasteiger partial charge in [0.1, 0.15) is 12.5 Å². The second-order valence-electron chi connectivity index (χ2n) is 11.2. The molecule has 0 aromatic carbocycles. The maximum absolute atomic E-state index is 11.7. The SMILES string of the molecule is C=C1CCC2C(C)(CCC3OCOC[C@]32C)C1CCOc1cncc(C(=O)OC)c1.CC.CCCCCC. The van der Waals surface area contributed by atoms with Crippen molar-refractivity contribution in [2.75, 3.05) is 27.1 Å². The Morgan fingerprint density at radius 2 is 1.84 bits per heavy atom. The summed E-state index contributed by atoms with van der Waals surface area (Å²) in [5.41, 5.74) is 1.95. The number of nitrogens with zero attached hydrogens (tertiary/aromatic N) is 1. The normalized spacial score (nSPS) is 29.9. The van der Waals surface area contributed by atoms with E-state index in [0.717, 1.165) is 38.7 Å². The van der Waals surface area contributed by atoms with Crippen LogP contribution in [0.3, 0.4) is 0 Å². The lowest BCUT2D eigenvalue weighted by Gasteiger charge is -2.62. The van der Waals surface area contributed by atoms with E-state index >= 15 is 0 Å². The number of esters is 1. The highest BCUT2D eigenvalue weighted by atomic mass is 16.7. The molecule has 0 spiro atoms. The molecule has 2 saturated carbocycles. The zero-order valence-corrected chi connectivity index (χ0v) is 25.1. The smallest absolute Gasteiger partial charge is 0.339 e. The first-order valence-electron chi connectivity index (χ1n) is 14.8. The van der Waals surface area contributed by atoms with Crippen molar-refractivity contribution in [3.05, 3.63) is 36.2 Å². The second kappa shape index (κ2) is 15.6. The van der Waals surface area contributed by atoms with Crippen LogP contribution in [0.2, 0.25) is 0 Å². The van der Waals surface area contributed by atoms with E-state index in [9.17, 15) is 4.79 Å². The van der Waals surface area contributed by atoms with Gasteiger partial charge in [-0.3, -0.25) is 4.98 Å². The molecule has 6 nitrogen and oxygen atoms in total. The molecular weight excluding hydrogens is 478 g/mol. The van der Waals surface area contributed by atoms with Crippen LogP contribution in [0.5, 0.6) is 5.75 Å². The predicted octanol–water partition coefficient (Wildman–Crippen LogP) is 8.01. The van der Waals surface area contributed by atoms with Gasteiger partial charge in [-0.15, -0.1) is 0 Å². The van der Waals surface area contributed by atoms with Crippen LogP contribution in [-0.4, -0.2) is 44.2 Å². The zero-order chi connectivity index (χ0) is 28.2. The fourth-order valence-corrected chi connectivity index (χ4v) is 6.89. The Hall–Kier alpha value is -1.92. The molecule has 4 rings (SSSR count). The number of fused-ring (bicyclic) bond motifs is 3. The first-order chi connectivity index (χ1) is 18.3. The van der Waals surface area contributed by atoms with Crippen LogP contribution in [0.15, 0.2) is 30.6 Å². The lowest BCUT2D eigenvalue weighted by molar-refractivity contribution is -0.260. The van der Waals surface area contributed by atoms with Crippen molar-refractivity contribution in [1.29, 1.82) is 0 Å². The minimum atomic E-state index is -0.411. The topological polar surface area (TPSA) is 66.9 Å². The Labute approximate surface area is 231 Å². The Morgan fingerprint density at radius 3 is 2.50 bits per heavy atom. The van der Waals surface area contributed by atoms with Gasteiger partial charge in [0.05, 0.1) is 38.2 Å². The molecule has 3 aliphatic rings. The number of carbonyl (C=O) groups excluding carboxylic acids is 1. The summed E-state index contributed by atoms with van der Waals surface area (Å²) in [5.74, 6) is 1.12. The third-order valence-corrected chi connectivity index (χ3v) is 8.85. The fourth-order valence-electron chi connectivity index (χ4n) is 6.89. The average molecular weight is 532 g/mol. The summed E-state index contributed by atoms with van der Waals surface area (Å²) in [7, 11) is 1.36. The fraction of sp³-hybridized carbons (Fsp3) is 0.750. The van der Waals surface area contributed by atoms with Crippen molar-refractivity contribution in [1.82, 2.24) is 4.98 Å². The number of unbranched alkanes of at least 4 members (excludes halogenated alkanes) is 3. The maximum atomic E-state index is 11.7. The number of rotatable bonds is 8. The molecule has 38 heavy (non-hydrogen) atoms. The summed E-state index contributed by atoms with van der Waals surface area (Å²) >= 11 is 0. The first kappa shape index (κ1) is 32.3. The molecule has 0 N–H and O–H groups in total. The molecule has 3 fully saturated rings. The second-order valence-corrected chi connectivity index (χ2v) is 11.2. The molecule has 1 aliphatic heterocycles. The zero-order valence-electron chi connectivity index (χ0n) is 25.1. The molecule has 0 radical (unpaired) electrons. The summed E-state index contributed by atoms with van der Waals surface area (Å²) in [6.07, 6.45) is 14.3. The van der Waals surface area contributed by atoms with Gasteiger partial charge in [0.15, 0.2) is 0 Å². The maximum Gasteiger partial charge on any atom is 0.339 e. The van der Waals surface area contributed by atoms with Gasteiger partial charge in [0.2, 0.25) is 0 Å². The highest BCUT2D eigenvalue weighted by molar-refractivity contribution is 5.89. The Balaban J connectivity index is 0.000000560. The molecule has 6 heteroatoms. The van der Waals surface area contributed by atoms with Gasteiger partial charge in [-0.25, -0.2) is 4.79 Å². The number of hydrogen-bond donors (Lipinski definition) is 0. The standard InChI is InChI=1S/C24H33NO5.C6H14.C2H6/c1-16-5-6-20-23(2,9-7-21-24(20,3)14-28-15-30-21)19(16)8-10-29-18-11-17(12-25-13-18)22(26)27-4;1-3-5-6-4-2;1-2/h11-13,19-21H,1,5-10,14-15H2,2-4H3;3-6H2,1-2H3;1-2H3/t19?,20?,21?,23?,24-;;/m0../s1. The molecule has 1 aromatic rings. The van der Waals surface area contributed by atoms with Gasteiger partial charge in [0, 0.05) is 11.6 Å². The van der Waals surface area contributed by atoms with Crippen molar-refractivity contribution in [3.8, 4) is 5.75 Å². The van der Waals surface area contributed by atoms with Crippen LogP contribution in [0.1, 0.15) is 110 Å². The minimum absolute atomic E-state index is 0.0593. The highest BCUT2D eigenvalue weighted by Crippen LogP contribution is 2.62. The molecule has 1 aromatic heterocycles. The van der Waals surface area contributed by atoms with Crippen LogP contribution in [-0.2, 0) is 14.2 Å². The van der Waals surface area contributed by atoms with E-state index in [1.165, 1.54) is 44.6 Å².